The fourth-order valence-corrected chi connectivity index (χ4v) is 4.71. The van der Waals surface area contributed by atoms with E-state index in [9.17, 15) is 4.79 Å². The summed E-state index contributed by atoms with van der Waals surface area (Å²) in [4.78, 5) is 19.9. The van der Waals surface area contributed by atoms with Gasteiger partial charge in [-0.3, -0.25) is 15.0 Å². The summed E-state index contributed by atoms with van der Waals surface area (Å²) in [6.45, 7) is 5.71. The molecular weight excluding hydrogens is 350 g/mol. The highest BCUT2D eigenvalue weighted by Crippen LogP contribution is 2.28. The van der Waals surface area contributed by atoms with Crippen molar-refractivity contribution < 1.29 is 4.79 Å². The highest BCUT2D eigenvalue weighted by molar-refractivity contribution is 7.22. The van der Waals surface area contributed by atoms with Gasteiger partial charge in [0, 0.05) is 6.54 Å². The second-order valence-electron chi connectivity index (χ2n) is 6.71. The molecule has 130 valence electrons. The first kappa shape index (κ1) is 16.7. The average molecular weight is 372 g/mol. The molecule has 1 aromatic carbocycles. The third-order valence-corrected chi connectivity index (χ3v) is 6.50. The maximum atomic E-state index is 12.2. The van der Waals surface area contributed by atoms with Gasteiger partial charge in [-0.15, -0.1) is 11.3 Å². The predicted octanol–water partition coefficient (Wildman–Crippen LogP) is 4.84. The number of nitrogens with zero attached hydrogens (tertiary/aromatic N) is 2. The van der Waals surface area contributed by atoms with Crippen molar-refractivity contribution in [3.8, 4) is 0 Å². The number of thiazole rings is 1. The van der Waals surface area contributed by atoms with Crippen LogP contribution in [0.1, 0.15) is 35.0 Å². The normalized spacial score (nSPS) is 16.4. The Hall–Kier alpha value is -1.76. The van der Waals surface area contributed by atoms with E-state index in [-0.39, 0.29) is 5.91 Å². The van der Waals surface area contributed by atoms with E-state index in [2.05, 4.69) is 40.3 Å². The Bertz CT molecular complexity index is 864. The second-order valence-corrected chi connectivity index (χ2v) is 8.69. The fraction of sp³-hybridized carbons (Fsp3) is 0.368. The topological polar surface area (TPSA) is 45.2 Å². The Labute approximate surface area is 155 Å². The van der Waals surface area contributed by atoms with E-state index in [0.717, 1.165) is 22.7 Å². The van der Waals surface area contributed by atoms with Crippen molar-refractivity contribution in [1.29, 1.82) is 0 Å². The number of amides is 1. The molecule has 1 aliphatic rings. The number of hydrogen-bond acceptors (Lipinski definition) is 5. The SMILES string of the molecule is CC1CCN(Cc2ccc3nc(NC(=O)c4cccs4)sc3c2)CC1. The summed E-state index contributed by atoms with van der Waals surface area (Å²) in [6, 6.07) is 10.1. The van der Waals surface area contributed by atoms with E-state index >= 15 is 0 Å². The van der Waals surface area contributed by atoms with Gasteiger partial charge in [0.05, 0.1) is 15.1 Å². The van der Waals surface area contributed by atoms with Crippen LogP contribution in [0.15, 0.2) is 35.7 Å². The summed E-state index contributed by atoms with van der Waals surface area (Å²) < 4.78 is 1.13. The minimum absolute atomic E-state index is 0.0864. The lowest BCUT2D eigenvalue weighted by molar-refractivity contribution is 0.103. The third-order valence-electron chi connectivity index (χ3n) is 4.70. The number of hydrogen-bond donors (Lipinski definition) is 1. The number of aromatic nitrogens is 1. The summed E-state index contributed by atoms with van der Waals surface area (Å²) >= 11 is 2.98. The van der Waals surface area contributed by atoms with Crippen LogP contribution in [0.5, 0.6) is 0 Å². The van der Waals surface area contributed by atoms with Crippen molar-refractivity contribution in [3.05, 3.63) is 46.2 Å². The average Bonchev–Trinajstić information content (AvgIpc) is 3.26. The lowest BCUT2D eigenvalue weighted by Gasteiger charge is -2.30. The number of rotatable bonds is 4. The third kappa shape index (κ3) is 3.92. The Morgan fingerprint density at radius 1 is 1.32 bits per heavy atom. The maximum Gasteiger partial charge on any atom is 0.267 e. The Morgan fingerprint density at radius 2 is 2.16 bits per heavy atom. The van der Waals surface area contributed by atoms with Gasteiger partial charge in [0.15, 0.2) is 5.13 Å². The molecule has 4 nitrogen and oxygen atoms in total. The molecule has 2 aromatic heterocycles. The summed E-state index contributed by atoms with van der Waals surface area (Å²) in [5, 5.41) is 5.48. The second kappa shape index (κ2) is 7.23. The van der Waals surface area contributed by atoms with Gasteiger partial charge in [-0.25, -0.2) is 4.98 Å². The molecule has 0 bridgehead atoms. The molecule has 3 heterocycles. The van der Waals surface area contributed by atoms with Crippen LogP contribution in [-0.4, -0.2) is 28.9 Å². The molecule has 6 heteroatoms. The first-order valence-corrected chi connectivity index (χ1v) is 10.3. The van der Waals surface area contributed by atoms with Crippen molar-refractivity contribution in [3.63, 3.8) is 0 Å². The molecule has 1 N–H and O–H groups in total. The van der Waals surface area contributed by atoms with Crippen LogP contribution in [0.2, 0.25) is 0 Å². The first-order valence-electron chi connectivity index (χ1n) is 8.64. The van der Waals surface area contributed by atoms with Crippen molar-refractivity contribution >= 4 is 43.9 Å². The lowest BCUT2D eigenvalue weighted by Crippen LogP contribution is -2.32. The zero-order chi connectivity index (χ0) is 17.2. The molecule has 1 saturated heterocycles. The van der Waals surface area contributed by atoms with Gasteiger partial charge >= 0.3 is 0 Å². The number of likely N-dealkylation sites (tertiary alicyclic amines) is 1. The van der Waals surface area contributed by atoms with E-state index < -0.39 is 0 Å². The van der Waals surface area contributed by atoms with Crippen molar-refractivity contribution in [1.82, 2.24) is 9.88 Å². The van der Waals surface area contributed by atoms with Crippen molar-refractivity contribution in [2.45, 2.75) is 26.3 Å². The molecule has 0 atom stereocenters. The summed E-state index contributed by atoms with van der Waals surface area (Å²) in [5.41, 5.74) is 2.27. The lowest BCUT2D eigenvalue weighted by atomic mass is 9.99. The van der Waals surface area contributed by atoms with Gasteiger partial charge in [-0.1, -0.05) is 30.4 Å². The smallest absolute Gasteiger partial charge is 0.267 e. The van der Waals surface area contributed by atoms with E-state index in [4.69, 9.17) is 0 Å². The van der Waals surface area contributed by atoms with Crippen molar-refractivity contribution in [2.75, 3.05) is 18.4 Å². The van der Waals surface area contributed by atoms with Gasteiger partial charge in [-0.2, -0.15) is 0 Å². The van der Waals surface area contributed by atoms with Crippen LogP contribution in [0, 0.1) is 5.92 Å². The molecule has 1 aliphatic heterocycles. The number of benzene rings is 1. The number of carbonyl (C=O) groups is 1. The molecule has 0 saturated carbocycles. The number of piperidine rings is 1. The number of carbonyl (C=O) groups excluding carboxylic acids is 1. The number of thiophene rings is 1. The van der Waals surface area contributed by atoms with Gasteiger partial charge in [0.1, 0.15) is 0 Å². The highest BCUT2D eigenvalue weighted by atomic mass is 32.1. The molecule has 0 radical (unpaired) electrons. The number of fused-ring (bicyclic) bond motifs is 1. The Kier molecular flexibility index (Phi) is 4.83. The van der Waals surface area contributed by atoms with Crippen LogP contribution in [-0.2, 0) is 6.54 Å². The summed E-state index contributed by atoms with van der Waals surface area (Å²) in [5.74, 6) is 0.770. The van der Waals surface area contributed by atoms with E-state index in [1.165, 1.54) is 42.8 Å². The molecule has 4 rings (SSSR count). The van der Waals surface area contributed by atoms with Crippen LogP contribution >= 0.6 is 22.7 Å². The molecule has 1 amide bonds. The number of anilines is 1. The molecule has 0 spiro atoms. The quantitative estimate of drug-likeness (QED) is 0.713. The maximum absolute atomic E-state index is 12.2. The molecule has 0 unspecified atom stereocenters. The first-order chi connectivity index (χ1) is 12.2. The van der Waals surface area contributed by atoms with Gasteiger partial charge in [0.25, 0.3) is 5.91 Å². The Balaban J connectivity index is 1.46. The number of nitrogens with one attached hydrogen (secondary N) is 1. The highest BCUT2D eigenvalue weighted by Gasteiger charge is 2.16. The van der Waals surface area contributed by atoms with Crippen molar-refractivity contribution in [2.24, 2.45) is 5.92 Å². The standard InChI is InChI=1S/C19H21N3OS2/c1-13-6-8-22(9-7-13)12-14-4-5-15-17(11-14)25-19(20-15)21-18(23)16-3-2-10-24-16/h2-5,10-11,13H,6-9,12H2,1H3,(H,20,21,23). The Morgan fingerprint density at radius 3 is 2.92 bits per heavy atom. The zero-order valence-corrected chi connectivity index (χ0v) is 15.8. The molecular formula is C19H21N3OS2. The molecule has 25 heavy (non-hydrogen) atoms. The fourth-order valence-electron chi connectivity index (χ4n) is 3.17. The van der Waals surface area contributed by atoms with Crippen LogP contribution in [0.4, 0.5) is 5.13 Å². The zero-order valence-electron chi connectivity index (χ0n) is 14.2. The summed E-state index contributed by atoms with van der Waals surface area (Å²) in [6.07, 6.45) is 2.59. The predicted molar refractivity (Wildman–Crippen MR) is 106 cm³/mol. The van der Waals surface area contributed by atoms with Gasteiger partial charge < -0.3 is 0 Å². The largest absolute Gasteiger partial charge is 0.299 e. The monoisotopic (exact) mass is 371 g/mol. The van der Waals surface area contributed by atoms with Crippen LogP contribution < -0.4 is 5.32 Å². The van der Waals surface area contributed by atoms with Gasteiger partial charge in [0.2, 0.25) is 0 Å². The molecule has 0 aliphatic carbocycles. The van der Waals surface area contributed by atoms with Gasteiger partial charge in [-0.05, 0) is 61.0 Å². The van der Waals surface area contributed by atoms with Crippen LogP contribution in [0.3, 0.4) is 0 Å². The minimum Gasteiger partial charge on any atom is -0.299 e. The van der Waals surface area contributed by atoms with E-state index in [0.29, 0.717) is 10.0 Å². The minimum atomic E-state index is -0.0864. The van der Waals surface area contributed by atoms with Crippen LogP contribution in [0.25, 0.3) is 10.2 Å². The summed E-state index contributed by atoms with van der Waals surface area (Å²) in [7, 11) is 0. The molecule has 3 aromatic rings. The van der Waals surface area contributed by atoms with E-state index in [1.54, 1.807) is 11.3 Å². The van der Waals surface area contributed by atoms with E-state index in [1.807, 2.05) is 17.5 Å². The molecule has 1 fully saturated rings.